The van der Waals surface area contributed by atoms with E-state index in [9.17, 15) is 4.79 Å². The Kier molecular flexibility index (Phi) is 3.38. The number of rotatable bonds is 3. The maximum Gasteiger partial charge on any atom is 0.410 e. The predicted molar refractivity (Wildman–Crippen MR) is 62.3 cm³/mol. The summed E-state index contributed by atoms with van der Waals surface area (Å²) in [6.45, 7) is 7.87. The quantitative estimate of drug-likeness (QED) is 0.795. The van der Waals surface area contributed by atoms with E-state index in [4.69, 9.17) is 4.74 Å². The van der Waals surface area contributed by atoms with Crippen molar-refractivity contribution in [3.8, 4) is 0 Å². The highest BCUT2D eigenvalue weighted by Gasteiger charge is 2.46. The molecule has 1 N–H and O–H groups in total. The monoisotopic (exact) mass is 226 g/mol. The standard InChI is InChI=1S/C12H22N2O2/c1-3-8-14-9-12(2,16-11(14)15)10-4-6-13-7-5-10/h10,13H,3-9H2,1-2H3. The van der Waals surface area contributed by atoms with Crippen LogP contribution in [0.25, 0.3) is 0 Å². The van der Waals surface area contributed by atoms with Crippen molar-refractivity contribution in [3.63, 3.8) is 0 Å². The molecule has 2 aliphatic rings. The Hall–Kier alpha value is -0.770. The van der Waals surface area contributed by atoms with Gasteiger partial charge in [-0.1, -0.05) is 6.92 Å². The molecule has 0 radical (unpaired) electrons. The lowest BCUT2D eigenvalue weighted by molar-refractivity contribution is 0.00944. The van der Waals surface area contributed by atoms with Crippen molar-refractivity contribution in [1.82, 2.24) is 10.2 Å². The summed E-state index contributed by atoms with van der Waals surface area (Å²) in [6.07, 6.45) is 3.10. The van der Waals surface area contributed by atoms with Crippen LogP contribution in [-0.4, -0.2) is 42.8 Å². The lowest BCUT2D eigenvalue weighted by Crippen LogP contribution is -2.44. The van der Waals surface area contributed by atoms with Crippen LogP contribution >= 0.6 is 0 Å². The van der Waals surface area contributed by atoms with Gasteiger partial charge in [-0.3, -0.25) is 0 Å². The number of carbonyl (C=O) groups is 1. The second-order valence-electron chi connectivity index (χ2n) is 5.13. The van der Waals surface area contributed by atoms with Crippen molar-refractivity contribution in [2.75, 3.05) is 26.2 Å². The first-order valence-electron chi connectivity index (χ1n) is 6.34. The topological polar surface area (TPSA) is 41.6 Å². The molecule has 92 valence electrons. The van der Waals surface area contributed by atoms with E-state index in [0.29, 0.717) is 5.92 Å². The number of piperidine rings is 1. The van der Waals surface area contributed by atoms with Crippen LogP contribution in [0.15, 0.2) is 0 Å². The first-order chi connectivity index (χ1) is 7.65. The van der Waals surface area contributed by atoms with Gasteiger partial charge in [0.05, 0.1) is 6.54 Å². The zero-order chi connectivity index (χ0) is 11.6. The maximum atomic E-state index is 11.7. The molecular weight excluding hydrogens is 204 g/mol. The first kappa shape index (κ1) is 11.7. The third-order valence-corrected chi connectivity index (χ3v) is 3.78. The van der Waals surface area contributed by atoms with E-state index in [-0.39, 0.29) is 11.7 Å². The van der Waals surface area contributed by atoms with Crippen LogP contribution < -0.4 is 5.32 Å². The fraction of sp³-hybridized carbons (Fsp3) is 0.917. The Labute approximate surface area is 97.3 Å². The van der Waals surface area contributed by atoms with Gasteiger partial charge in [-0.15, -0.1) is 0 Å². The number of hydrogen-bond donors (Lipinski definition) is 1. The zero-order valence-corrected chi connectivity index (χ0v) is 10.3. The molecule has 4 nitrogen and oxygen atoms in total. The highest BCUT2D eigenvalue weighted by Crippen LogP contribution is 2.34. The average molecular weight is 226 g/mol. The van der Waals surface area contributed by atoms with Gasteiger partial charge in [0.15, 0.2) is 0 Å². The van der Waals surface area contributed by atoms with Crippen LogP contribution in [-0.2, 0) is 4.74 Å². The third kappa shape index (κ3) is 2.17. The Morgan fingerprint density at radius 3 is 2.81 bits per heavy atom. The van der Waals surface area contributed by atoms with E-state index in [1.807, 2.05) is 4.90 Å². The molecule has 0 aromatic rings. The summed E-state index contributed by atoms with van der Waals surface area (Å²) < 4.78 is 5.61. The Balaban J connectivity index is 2.00. The normalized spacial score (nSPS) is 31.9. The van der Waals surface area contributed by atoms with E-state index >= 15 is 0 Å². The predicted octanol–water partition coefficient (Wildman–Crippen LogP) is 1.61. The molecule has 2 saturated heterocycles. The molecule has 1 unspecified atom stereocenters. The van der Waals surface area contributed by atoms with Gasteiger partial charge in [-0.05, 0) is 39.3 Å². The largest absolute Gasteiger partial charge is 0.441 e. The minimum Gasteiger partial charge on any atom is -0.441 e. The number of cyclic esters (lactones) is 1. The summed E-state index contributed by atoms with van der Waals surface area (Å²) >= 11 is 0. The van der Waals surface area contributed by atoms with Crippen molar-refractivity contribution in [2.45, 2.75) is 38.7 Å². The Morgan fingerprint density at radius 1 is 1.50 bits per heavy atom. The van der Waals surface area contributed by atoms with Gasteiger partial charge in [0.25, 0.3) is 0 Å². The Bertz CT molecular complexity index is 264. The van der Waals surface area contributed by atoms with Gasteiger partial charge in [0.2, 0.25) is 0 Å². The summed E-state index contributed by atoms with van der Waals surface area (Å²) in [7, 11) is 0. The van der Waals surface area contributed by atoms with E-state index in [2.05, 4.69) is 19.2 Å². The molecular formula is C12H22N2O2. The number of nitrogens with one attached hydrogen (secondary N) is 1. The molecule has 0 aliphatic carbocycles. The molecule has 0 saturated carbocycles. The van der Waals surface area contributed by atoms with Gasteiger partial charge in [-0.25, -0.2) is 4.79 Å². The molecule has 0 aromatic carbocycles. The lowest BCUT2D eigenvalue weighted by atomic mass is 9.82. The van der Waals surface area contributed by atoms with Crippen LogP contribution in [0.2, 0.25) is 0 Å². The molecule has 16 heavy (non-hydrogen) atoms. The number of nitrogens with zero attached hydrogens (tertiary/aromatic N) is 1. The van der Waals surface area contributed by atoms with Gasteiger partial charge >= 0.3 is 6.09 Å². The maximum absolute atomic E-state index is 11.7. The van der Waals surface area contributed by atoms with E-state index in [1.54, 1.807) is 0 Å². The molecule has 2 rings (SSSR count). The van der Waals surface area contributed by atoms with Crippen LogP contribution in [0.3, 0.4) is 0 Å². The third-order valence-electron chi connectivity index (χ3n) is 3.78. The summed E-state index contributed by atoms with van der Waals surface area (Å²) in [4.78, 5) is 13.6. The fourth-order valence-corrected chi connectivity index (χ4v) is 2.83. The lowest BCUT2D eigenvalue weighted by Gasteiger charge is -2.34. The molecule has 4 heteroatoms. The molecule has 2 heterocycles. The van der Waals surface area contributed by atoms with Crippen LogP contribution in [0, 0.1) is 5.92 Å². The number of amides is 1. The fourth-order valence-electron chi connectivity index (χ4n) is 2.83. The van der Waals surface area contributed by atoms with Gasteiger partial charge in [0, 0.05) is 12.5 Å². The van der Waals surface area contributed by atoms with Crippen LogP contribution in [0.1, 0.15) is 33.1 Å². The smallest absolute Gasteiger partial charge is 0.410 e. The average Bonchev–Trinajstić information content (AvgIpc) is 2.57. The molecule has 0 spiro atoms. The molecule has 0 aromatic heterocycles. The van der Waals surface area contributed by atoms with Crippen molar-refractivity contribution < 1.29 is 9.53 Å². The highest BCUT2D eigenvalue weighted by molar-refractivity contribution is 5.70. The first-order valence-corrected chi connectivity index (χ1v) is 6.34. The zero-order valence-electron chi connectivity index (χ0n) is 10.3. The van der Waals surface area contributed by atoms with Gasteiger partial charge < -0.3 is 15.0 Å². The van der Waals surface area contributed by atoms with Gasteiger partial charge in [0.1, 0.15) is 5.60 Å². The summed E-state index contributed by atoms with van der Waals surface area (Å²) in [5, 5.41) is 3.35. The van der Waals surface area contributed by atoms with E-state index in [0.717, 1.165) is 45.4 Å². The van der Waals surface area contributed by atoms with Crippen molar-refractivity contribution in [1.29, 1.82) is 0 Å². The van der Waals surface area contributed by atoms with Crippen LogP contribution in [0.4, 0.5) is 4.79 Å². The SMILES string of the molecule is CCCN1CC(C)(C2CCNCC2)OC1=O. The summed E-state index contributed by atoms with van der Waals surface area (Å²) in [6, 6.07) is 0. The number of hydrogen-bond acceptors (Lipinski definition) is 3. The summed E-state index contributed by atoms with van der Waals surface area (Å²) in [5.41, 5.74) is -0.256. The van der Waals surface area contributed by atoms with Crippen molar-refractivity contribution in [3.05, 3.63) is 0 Å². The van der Waals surface area contributed by atoms with Gasteiger partial charge in [-0.2, -0.15) is 0 Å². The number of ether oxygens (including phenoxy) is 1. The second-order valence-corrected chi connectivity index (χ2v) is 5.13. The second kappa shape index (κ2) is 4.62. The molecule has 1 atom stereocenters. The van der Waals surface area contributed by atoms with E-state index in [1.165, 1.54) is 0 Å². The molecule has 2 aliphatic heterocycles. The highest BCUT2D eigenvalue weighted by atomic mass is 16.6. The Morgan fingerprint density at radius 2 is 2.19 bits per heavy atom. The minimum absolute atomic E-state index is 0.122. The van der Waals surface area contributed by atoms with Crippen molar-refractivity contribution >= 4 is 6.09 Å². The summed E-state index contributed by atoms with van der Waals surface area (Å²) in [5.74, 6) is 0.513. The molecule has 2 fully saturated rings. The van der Waals surface area contributed by atoms with E-state index < -0.39 is 0 Å². The van der Waals surface area contributed by atoms with Crippen LogP contribution in [0.5, 0.6) is 0 Å². The number of carbonyl (C=O) groups excluding carboxylic acids is 1. The van der Waals surface area contributed by atoms with Crippen molar-refractivity contribution in [2.24, 2.45) is 5.92 Å². The molecule has 1 amide bonds. The molecule has 0 bridgehead atoms. The minimum atomic E-state index is -0.256.